The van der Waals surface area contributed by atoms with Crippen LogP contribution in [0.1, 0.15) is 28.8 Å². The summed E-state index contributed by atoms with van der Waals surface area (Å²) in [7, 11) is 0. The number of hydrogen-bond acceptors (Lipinski definition) is 2. The first-order chi connectivity index (χ1) is 12.1. The molecule has 0 spiro atoms. The minimum atomic E-state index is 0.108. The fraction of sp³-hybridized carbons (Fsp3) is 0.238. The summed E-state index contributed by atoms with van der Waals surface area (Å²) in [4.78, 5) is 19.8. The molecule has 0 radical (unpaired) electrons. The van der Waals surface area contributed by atoms with Gasteiger partial charge in [0.15, 0.2) is 0 Å². The Kier molecular flexibility index (Phi) is 4.30. The number of halogens is 1. The molecule has 1 aliphatic heterocycles. The van der Waals surface area contributed by atoms with Crippen LogP contribution in [0.2, 0.25) is 0 Å². The van der Waals surface area contributed by atoms with Gasteiger partial charge in [-0.15, -0.1) is 0 Å². The quantitative estimate of drug-likeness (QED) is 0.597. The van der Waals surface area contributed by atoms with E-state index in [-0.39, 0.29) is 5.91 Å². The Hall–Kier alpha value is -2.20. The van der Waals surface area contributed by atoms with Gasteiger partial charge in [0.2, 0.25) is 0 Å². The first-order valence-electron chi connectivity index (χ1n) is 8.58. The number of rotatable bonds is 2. The van der Waals surface area contributed by atoms with Crippen LogP contribution in [0.5, 0.6) is 0 Å². The third kappa shape index (κ3) is 3.19. The monoisotopic (exact) mass is 394 g/mol. The second-order valence-corrected chi connectivity index (χ2v) is 7.50. The number of hydrogen-bond donors (Lipinski definition) is 0. The molecule has 1 saturated heterocycles. The number of aryl methyl sites for hydroxylation is 1. The highest BCUT2D eigenvalue weighted by atomic mass is 79.9. The van der Waals surface area contributed by atoms with Crippen molar-refractivity contribution < 1.29 is 4.79 Å². The van der Waals surface area contributed by atoms with E-state index in [1.54, 1.807) is 0 Å². The molecule has 0 atom stereocenters. The molecule has 2 heterocycles. The number of carbonyl (C=O) groups excluding carboxylic acids is 1. The smallest absolute Gasteiger partial charge is 0.254 e. The number of pyridine rings is 1. The van der Waals surface area contributed by atoms with Crippen LogP contribution in [0.15, 0.2) is 53.0 Å². The van der Waals surface area contributed by atoms with Crippen LogP contribution in [0, 0.1) is 6.92 Å². The predicted molar refractivity (Wildman–Crippen MR) is 105 cm³/mol. The molecule has 3 nitrogen and oxygen atoms in total. The zero-order chi connectivity index (χ0) is 17.4. The van der Waals surface area contributed by atoms with Gasteiger partial charge < -0.3 is 4.90 Å². The van der Waals surface area contributed by atoms with Crippen LogP contribution >= 0.6 is 15.9 Å². The van der Waals surface area contributed by atoms with Crippen LogP contribution in [-0.4, -0.2) is 28.9 Å². The summed E-state index contributed by atoms with van der Waals surface area (Å²) in [6, 6.07) is 16.1. The Morgan fingerprint density at radius 2 is 1.76 bits per heavy atom. The van der Waals surface area contributed by atoms with Gasteiger partial charge in [-0.05, 0) is 44.0 Å². The molecule has 1 aliphatic rings. The lowest BCUT2D eigenvalue weighted by Gasteiger charge is -2.17. The summed E-state index contributed by atoms with van der Waals surface area (Å²) in [5.74, 6) is 0.108. The third-order valence-corrected chi connectivity index (χ3v) is 5.23. The lowest BCUT2D eigenvalue weighted by Crippen LogP contribution is -2.27. The molecular formula is C21H19BrN2O. The zero-order valence-electron chi connectivity index (χ0n) is 14.1. The minimum Gasteiger partial charge on any atom is -0.339 e. The van der Waals surface area contributed by atoms with Gasteiger partial charge in [-0.2, -0.15) is 0 Å². The molecule has 0 unspecified atom stereocenters. The average Bonchev–Trinajstić information content (AvgIpc) is 3.15. The summed E-state index contributed by atoms with van der Waals surface area (Å²) in [5, 5.41) is 0.905. The second kappa shape index (κ2) is 6.60. The second-order valence-electron chi connectivity index (χ2n) is 6.58. The van der Waals surface area contributed by atoms with E-state index in [1.807, 2.05) is 29.2 Å². The van der Waals surface area contributed by atoms with E-state index < -0.39 is 0 Å². The van der Waals surface area contributed by atoms with Crippen LogP contribution < -0.4 is 0 Å². The lowest BCUT2D eigenvalue weighted by molar-refractivity contribution is 0.0794. The number of aromatic nitrogens is 1. The molecule has 1 fully saturated rings. The van der Waals surface area contributed by atoms with Crippen LogP contribution in [0.25, 0.3) is 22.2 Å². The molecule has 126 valence electrons. The van der Waals surface area contributed by atoms with Gasteiger partial charge >= 0.3 is 0 Å². The van der Waals surface area contributed by atoms with E-state index in [0.717, 1.165) is 58.1 Å². The minimum absolute atomic E-state index is 0.108. The Morgan fingerprint density at radius 1 is 1.04 bits per heavy atom. The number of amides is 1. The van der Waals surface area contributed by atoms with Gasteiger partial charge in [-0.25, -0.2) is 4.98 Å². The first kappa shape index (κ1) is 16.3. The zero-order valence-corrected chi connectivity index (χ0v) is 15.7. The van der Waals surface area contributed by atoms with E-state index in [9.17, 15) is 4.79 Å². The van der Waals surface area contributed by atoms with Crippen molar-refractivity contribution in [3.63, 3.8) is 0 Å². The molecule has 4 heteroatoms. The largest absolute Gasteiger partial charge is 0.339 e. The summed E-state index contributed by atoms with van der Waals surface area (Å²) in [5.41, 5.74) is 4.68. The Bertz CT molecular complexity index is 944. The van der Waals surface area contributed by atoms with Crippen LogP contribution in [0.3, 0.4) is 0 Å². The topological polar surface area (TPSA) is 33.2 Å². The van der Waals surface area contributed by atoms with Gasteiger partial charge in [0, 0.05) is 28.5 Å². The van der Waals surface area contributed by atoms with E-state index in [2.05, 4.69) is 47.1 Å². The van der Waals surface area contributed by atoms with Crippen molar-refractivity contribution in [1.29, 1.82) is 0 Å². The molecule has 0 N–H and O–H groups in total. The summed E-state index contributed by atoms with van der Waals surface area (Å²) in [6.07, 6.45) is 2.17. The Balaban J connectivity index is 1.89. The van der Waals surface area contributed by atoms with Crippen molar-refractivity contribution >= 4 is 32.7 Å². The van der Waals surface area contributed by atoms with Gasteiger partial charge in [-0.1, -0.05) is 45.8 Å². The highest BCUT2D eigenvalue weighted by molar-refractivity contribution is 9.10. The van der Waals surface area contributed by atoms with Gasteiger partial charge in [0.25, 0.3) is 5.91 Å². The maximum Gasteiger partial charge on any atom is 0.254 e. The molecule has 3 aromatic rings. The van der Waals surface area contributed by atoms with Gasteiger partial charge in [0.05, 0.1) is 16.8 Å². The number of carbonyl (C=O) groups is 1. The van der Waals surface area contributed by atoms with E-state index >= 15 is 0 Å². The summed E-state index contributed by atoms with van der Waals surface area (Å²) in [6.45, 7) is 3.75. The highest BCUT2D eigenvalue weighted by Gasteiger charge is 2.22. The van der Waals surface area contributed by atoms with Gasteiger partial charge in [0.1, 0.15) is 0 Å². The Morgan fingerprint density at radius 3 is 2.48 bits per heavy atom. The fourth-order valence-corrected chi connectivity index (χ4v) is 3.70. The fourth-order valence-electron chi connectivity index (χ4n) is 3.34. The standard InChI is InChI=1S/C21H19BrN2O/c1-14-4-6-15(7-5-14)20-13-18(21(25)24-10-2-3-11-24)17-12-16(22)8-9-19(17)23-20/h4-9,12-13H,2-3,10-11H2,1H3. The molecule has 0 bridgehead atoms. The van der Waals surface area contributed by atoms with E-state index in [4.69, 9.17) is 4.98 Å². The molecule has 0 aliphatic carbocycles. The van der Waals surface area contributed by atoms with Crippen molar-refractivity contribution in [1.82, 2.24) is 9.88 Å². The molecule has 0 saturated carbocycles. The maximum atomic E-state index is 13.1. The normalized spacial score (nSPS) is 14.2. The highest BCUT2D eigenvalue weighted by Crippen LogP contribution is 2.29. The number of benzene rings is 2. The van der Waals surface area contributed by atoms with Crippen LogP contribution in [-0.2, 0) is 0 Å². The van der Waals surface area contributed by atoms with Crippen LogP contribution in [0.4, 0.5) is 0 Å². The van der Waals surface area contributed by atoms with E-state index in [0.29, 0.717) is 0 Å². The maximum absolute atomic E-state index is 13.1. The molecule has 1 amide bonds. The average molecular weight is 395 g/mol. The first-order valence-corrected chi connectivity index (χ1v) is 9.38. The number of fused-ring (bicyclic) bond motifs is 1. The predicted octanol–water partition coefficient (Wildman–Crippen LogP) is 5.21. The molecule has 1 aromatic heterocycles. The molecule has 4 rings (SSSR count). The van der Waals surface area contributed by atoms with Crippen molar-refractivity contribution in [3.8, 4) is 11.3 Å². The summed E-state index contributed by atoms with van der Waals surface area (Å²) < 4.78 is 0.959. The van der Waals surface area contributed by atoms with Gasteiger partial charge in [-0.3, -0.25) is 4.79 Å². The lowest BCUT2D eigenvalue weighted by atomic mass is 10.0. The number of likely N-dealkylation sites (tertiary alicyclic amines) is 1. The van der Waals surface area contributed by atoms with Crippen molar-refractivity contribution in [2.45, 2.75) is 19.8 Å². The number of nitrogens with zero attached hydrogens (tertiary/aromatic N) is 2. The van der Waals surface area contributed by atoms with Crippen molar-refractivity contribution in [3.05, 3.63) is 64.1 Å². The van der Waals surface area contributed by atoms with Crippen molar-refractivity contribution in [2.24, 2.45) is 0 Å². The SMILES string of the molecule is Cc1ccc(-c2cc(C(=O)N3CCCC3)c3cc(Br)ccc3n2)cc1. The summed E-state index contributed by atoms with van der Waals surface area (Å²) >= 11 is 3.52. The van der Waals surface area contributed by atoms with Crippen molar-refractivity contribution in [2.75, 3.05) is 13.1 Å². The molecule has 25 heavy (non-hydrogen) atoms. The molecule has 2 aromatic carbocycles. The van der Waals surface area contributed by atoms with E-state index in [1.165, 1.54) is 5.56 Å². The Labute approximate surface area is 155 Å². The molecular weight excluding hydrogens is 376 g/mol. The third-order valence-electron chi connectivity index (χ3n) is 4.74.